The van der Waals surface area contributed by atoms with Crippen molar-refractivity contribution in [3.63, 3.8) is 0 Å². The molecular formula is C28H24N6O4. The molecule has 190 valence electrons. The first-order valence-corrected chi connectivity index (χ1v) is 11.7. The van der Waals surface area contributed by atoms with Crippen molar-refractivity contribution in [2.75, 3.05) is 13.1 Å². The van der Waals surface area contributed by atoms with Crippen molar-refractivity contribution in [3.8, 4) is 11.5 Å². The first-order valence-electron chi connectivity index (χ1n) is 11.7. The molecule has 0 saturated heterocycles. The summed E-state index contributed by atoms with van der Waals surface area (Å²) in [6, 6.07) is 26.9. The van der Waals surface area contributed by atoms with Crippen LogP contribution in [0.15, 0.2) is 118 Å². The number of rotatable bonds is 9. The Morgan fingerprint density at radius 2 is 0.895 bits per heavy atom. The van der Waals surface area contributed by atoms with Crippen molar-refractivity contribution in [2.24, 2.45) is 20.5 Å². The maximum absolute atomic E-state index is 12.6. The van der Waals surface area contributed by atoms with Gasteiger partial charge in [0.25, 0.3) is 11.8 Å². The zero-order valence-electron chi connectivity index (χ0n) is 20.2. The van der Waals surface area contributed by atoms with Gasteiger partial charge in [-0.1, -0.05) is 36.4 Å². The Morgan fingerprint density at radius 3 is 1.29 bits per heavy atom. The summed E-state index contributed by atoms with van der Waals surface area (Å²) in [5.74, 6) is -1.51. The number of phenols is 2. The molecule has 0 unspecified atom stereocenters. The van der Waals surface area contributed by atoms with Gasteiger partial charge >= 0.3 is 0 Å². The number of nitrogens with one attached hydrogen (secondary N) is 2. The Bertz CT molecular complexity index is 1360. The van der Waals surface area contributed by atoms with Gasteiger partial charge < -0.3 is 20.8 Å². The van der Waals surface area contributed by atoms with E-state index in [1.807, 2.05) is 36.4 Å². The zero-order chi connectivity index (χ0) is 26.7. The summed E-state index contributed by atoms with van der Waals surface area (Å²) < 4.78 is 0. The number of amides is 2. The summed E-state index contributed by atoms with van der Waals surface area (Å²) in [7, 11) is 0. The maximum Gasteiger partial charge on any atom is 0.255 e. The molecule has 0 aromatic heterocycles. The van der Waals surface area contributed by atoms with E-state index in [1.165, 1.54) is 24.3 Å². The summed E-state index contributed by atoms with van der Waals surface area (Å²) in [4.78, 5) is 25.2. The highest BCUT2D eigenvalue weighted by molar-refractivity contribution is 5.98. The minimum absolute atomic E-state index is 0.0231. The van der Waals surface area contributed by atoms with Crippen molar-refractivity contribution in [1.82, 2.24) is 10.6 Å². The van der Waals surface area contributed by atoms with Crippen LogP contribution in [-0.4, -0.2) is 35.1 Å². The van der Waals surface area contributed by atoms with Crippen LogP contribution in [-0.2, 0) is 0 Å². The predicted molar refractivity (Wildman–Crippen MR) is 142 cm³/mol. The number of phenolic OH excluding ortho intramolecular Hbond substituents is 2. The van der Waals surface area contributed by atoms with Crippen LogP contribution in [0.25, 0.3) is 0 Å². The highest BCUT2D eigenvalue weighted by atomic mass is 16.3. The van der Waals surface area contributed by atoms with E-state index in [9.17, 15) is 19.8 Å². The van der Waals surface area contributed by atoms with Gasteiger partial charge in [-0.05, 0) is 60.7 Å². The smallest absolute Gasteiger partial charge is 0.255 e. The summed E-state index contributed by atoms with van der Waals surface area (Å²) in [6.45, 7) is 0.155. The molecule has 0 bridgehead atoms. The normalized spacial score (nSPS) is 11.1. The Hall–Kier alpha value is -5.38. The fourth-order valence-corrected chi connectivity index (χ4v) is 3.30. The van der Waals surface area contributed by atoms with Gasteiger partial charge in [0.05, 0.1) is 33.9 Å². The maximum atomic E-state index is 12.6. The van der Waals surface area contributed by atoms with Crippen LogP contribution in [0.3, 0.4) is 0 Å². The van der Waals surface area contributed by atoms with E-state index in [1.54, 1.807) is 36.4 Å². The standard InChI is InChI=1S/C28H24N6O4/c35-25-13-11-21(33-31-19-7-3-1-4-8-19)17-23(25)27(37)29-15-16-30-28(38)24-18-22(12-14-26(24)36)34-32-20-9-5-2-6-10-20/h1-14,17-18,35-36H,15-16H2,(H,29,37)(H,30,38). The van der Waals surface area contributed by atoms with E-state index in [0.717, 1.165) is 0 Å². The van der Waals surface area contributed by atoms with Crippen LogP contribution in [0.4, 0.5) is 22.7 Å². The largest absolute Gasteiger partial charge is 0.507 e. The number of hydrogen-bond acceptors (Lipinski definition) is 8. The lowest BCUT2D eigenvalue weighted by Gasteiger charge is -2.10. The fraction of sp³-hybridized carbons (Fsp3) is 0.0714. The summed E-state index contributed by atoms with van der Waals surface area (Å²) in [5.41, 5.74) is 2.14. The third-order valence-corrected chi connectivity index (χ3v) is 5.22. The van der Waals surface area contributed by atoms with Crippen LogP contribution >= 0.6 is 0 Å². The minimum atomic E-state index is -0.542. The number of aromatic hydroxyl groups is 2. The molecule has 0 fully saturated rings. The van der Waals surface area contributed by atoms with Crippen LogP contribution in [0.2, 0.25) is 0 Å². The second-order valence-electron chi connectivity index (χ2n) is 7.99. The lowest BCUT2D eigenvalue weighted by atomic mass is 10.1. The van der Waals surface area contributed by atoms with Gasteiger partial charge in [-0.3, -0.25) is 9.59 Å². The number of nitrogens with zero attached hydrogens (tertiary/aromatic N) is 4. The third-order valence-electron chi connectivity index (χ3n) is 5.22. The number of hydrogen-bond donors (Lipinski definition) is 4. The van der Waals surface area contributed by atoms with Crippen molar-refractivity contribution in [3.05, 3.63) is 108 Å². The summed E-state index contributed by atoms with van der Waals surface area (Å²) >= 11 is 0. The van der Waals surface area contributed by atoms with Gasteiger partial charge in [-0.15, -0.1) is 0 Å². The summed E-state index contributed by atoms with van der Waals surface area (Å²) in [5, 5.41) is 41.9. The predicted octanol–water partition coefficient (Wildman–Crippen LogP) is 6.09. The molecule has 0 saturated carbocycles. The molecule has 38 heavy (non-hydrogen) atoms. The first-order chi connectivity index (χ1) is 18.5. The fourth-order valence-electron chi connectivity index (χ4n) is 3.30. The number of benzene rings is 4. The van der Waals surface area contributed by atoms with E-state index in [4.69, 9.17) is 0 Å². The number of carbonyl (C=O) groups excluding carboxylic acids is 2. The zero-order valence-corrected chi connectivity index (χ0v) is 20.2. The molecule has 0 spiro atoms. The molecule has 0 aliphatic rings. The molecule has 2 amide bonds. The lowest BCUT2D eigenvalue weighted by Crippen LogP contribution is -2.34. The van der Waals surface area contributed by atoms with Gasteiger partial charge in [0.2, 0.25) is 0 Å². The van der Waals surface area contributed by atoms with Crippen LogP contribution in [0.1, 0.15) is 20.7 Å². The number of carbonyl (C=O) groups is 2. The van der Waals surface area contributed by atoms with E-state index in [2.05, 4.69) is 31.1 Å². The topological polar surface area (TPSA) is 148 Å². The van der Waals surface area contributed by atoms with Crippen molar-refractivity contribution >= 4 is 34.6 Å². The Morgan fingerprint density at radius 1 is 0.526 bits per heavy atom. The quantitative estimate of drug-likeness (QED) is 0.160. The van der Waals surface area contributed by atoms with Gasteiger partial charge in [0, 0.05) is 13.1 Å². The first kappa shape index (κ1) is 25.7. The van der Waals surface area contributed by atoms with E-state index >= 15 is 0 Å². The SMILES string of the molecule is O=C(NCCNC(=O)c1cc(N=Nc2ccccc2)ccc1O)c1cc(N=Nc2ccccc2)ccc1O. The van der Waals surface area contributed by atoms with E-state index in [-0.39, 0.29) is 35.7 Å². The van der Waals surface area contributed by atoms with Gasteiger partial charge in [0.1, 0.15) is 11.5 Å². The van der Waals surface area contributed by atoms with Crippen LogP contribution in [0.5, 0.6) is 11.5 Å². The molecule has 0 radical (unpaired) electrons. The van der Waals surface area contributed by atoms with Crippen LogP contribution < -0.4 is 10.6 Å². The number of azo groups is 2. The molecule has 4 rings (SSSR count). The summed E-state index contributed by atoms with van der Waals surface area (Å²) in [6.07, 6.45) is 0. The Balaban J connectivity index is 1.31. The van der Waals surface area contributed by atoms with Crippen molar-refractivity contribution in [1.29, 1.82) is 0 Å². The molecule has 0 aliphatic carbocycles. The highest BCUT2D eigenvalue weighted by Gasteiger charge is 2.14. The molecule has 4 aromatic carbocycles. The molecule has 4 aromatic rings. The van der Waals surface area contributed by atoms with E-state index < -0.39 is 11.8 Å². The monoisotopic (exact) mass is 508 g/mol. The molecule has 0 heterocycles. The van der Waals surface area contributed by atoms with Gasteiger partial charge in [-0.2, -0.15) is 20.5 Å². The average molecular weight is 509 g/mol. The molecule has 0 atom stereocenters. The Kier molecular flexibility index (Phi) is 8.48. The van der Waals surface area contributed by atoms with Crippen molar-refractivity contribution < 1.29 is 19.8 Å². The molecule has 4 N–H and O–H groups in total. The Labute approximate surface area is 218 Å². The van der Waals surface area contributed by atoms with Crippen LogP contribution in [0, 0.1) is 0 Å². The molecular weight excluding hydrogens is 484 g/mol. The minimum Gasteiger partial charge on any atom is -0.507 e. The van der Waals surface area contributed by atoms with Crippen molar-refractivity contribution in [2.45, 2.75) is 0 Å². The third kappa shape index (κ3) is 7.08. The highest BCUT2D eigenvalue weighted by Crippen LogP contribution is 2.26. The average Bonchev–Trinajstić information content (AvgIpc) is 2.95. The molecule has 10 heteroatoms. The lowest BCUT2D eigenvalue weighted by molar-refractivity contribution is 0.0924. The molecule has 0 aliphatic heterocycles. The van der Waals surface area contributed by atoms with Gasteiger partial charge in [-0.25, -0.2) is 0 Å². The second-order valence-corrected chi connectivity index (χ2v) is 7.99. The second kappa shape index (κ2) is 12.5. The van der Waals surface area contributed by atoms with E-state index in [0.29, 0.717) is 22.7 Å². The van der Waals surface area contributed by atoms with Gasteiger partial charge in [0.15, 0.2) is 0 Å². The molecule has 10 nitrogen and oxygen atoms in total.